The average molecular weight is 294 g/mol. The Morgan fingerprint density at radius 2 is 2.24 bits per heavy atom. The molecule has 1 atom stereocenters. The van der Waals surface area contributed by atoms with Gasteiger partial charge in [-0.25, -0.2) is 4.79 Å². The van der Waals surface area contributed by atoms with Crippen LogP contribution in [0.4, 0.5) is 5.88 Å². The standard InChI is InChI=1S/C13H14N2O6/c1-8(13(17)14-9-2-3-9)20-12(16)7-5-10-4-6-11(21-10)15(18)19/h4-9H,2-3H2,1H3,(H,14,17)/b7-5+/t8-/m0/s1. The number of hydrogen-bond donors (Lipinski definition) is 1. The molecule has 0 aliphatic heterocycles. The molecule has 21 heavy (non-hydrogen) atoms. The van der Waals surface area contributed by atoms with Gasteiger partial charge in [0.05, 0.1) is 6.07 Å². The number of nitrogens with one attached hydrogen (secondary N) is 1. The first kappa shape index (κ1) is 14.8. The second kappa shape index (κ2) is 6.21. The molecule has 1 aromatic heterocycles. The molecule has 8 heteroatoms. The largest absolute Gasteiger partial charge is 0.449 e. The van der Waals surface area contributed by atoms with Gasteiger partial charge in [-0.15, -0.1) is 0 Å². The van der Waals surface area contributed by atoms with Crippen LogP contribution in [0.25, 0.3) is 6.08 Å². The molecule has 1 fully saturated rings. The van der Waals surface area contributed by atoms with Crippen LogP contribution in [0.1, 0.15) is 25.5 Å². The van der Waals surface area contributed by atoms with Gasteiger partial charge in [0.1, 0.15) is 10.7 Å². The predicted octanol–water partition coefficient (Wildman–Crippen LogP) is 1.41. The zero-order valence-corrected chi connectivity index (χ0v) is 11.3. The first-order chi connectivity index (χ1) is 9.95. The van der Waals surface area contributed by atoms with Crippen molar-refractivity contribution >= 4 is 23.8 Å². The van der Waals surface area contributed by atoms with E-state index in [4.69, 9.17) is 9.15 Å². The monoisotopic (exact) mass is 294 g/mol. The highest BCUT2D eigenvalue weighted by molar-refractivity contribution is 5.90. The van der Waals surface area contributed by atoms with Crippen molar-refractivity contribution in [3.05, 3.63) is 34.1 Å². The topological polar surface area (TPSA) is 112 Å². The van der Waals surface area contributed by atoms with E-state index in [0.29, 0.717) is 0 Å². The SMILES string of the molecule is C[C@H](OC(=O)/C=C/c1ccc([N+](=O)[O-])o1)C(=O)NC1CC1. The van der Waals surface area contributed by atoms with Crippen LogP contribution in [0, 0.1) is 10.1 Å². The van der Waals surface area contributed by atoms with Crippen LogP contribution in [-0.4, -0.2) is 28.9 Å². The lowest BCUT2D eigenvalue weighted by atomic mass is 10.3. The van der Waals surface area contributed by atoms with Crippen LogP contribution in [0.3, 0.4) is 0 Å². The van der Waals surface area contributed by atoms with Gasteiger partial charge >= 0.3 is 11.9 Å². The smallest absolute Gasteiger partial charge is 0.433 e. The van der Waals surface area contributed by atoms with Gasteiger partial charge in [-0.1, -0.05) is 0 Å². The Bertz CT molecular complexity index is 587. The number of nitro groups is 1. The summed E-state index contributed by atoms with van der Waals surface area (Å²) in [5.74, 6) is -1.34. The molecule has 0 spiro atoms. The highest BCUT2D eigenvalue weighted by Gasteiger charge is 2.26. The molecular formula is C13H14N2O6. The van der Waals surface area contributed by atoms with Crippen LogP contribution < -0.4 is 5.32 Å². The van der Waals surface area contributed by atoms with Gasteiger partial charge in [0, 0.05) is 12.1 Å². The maximum absolute atomic E-state index is 11.6. The molecule has 1 aromatic rings. The predicted molar refractivity (Wildman–Crippen MR) is 71.1 cm³/mol. The van der Waals surface area contributed by atoms with Gasteiger partial charge in [0.25, 0.3) is 5.91 Å². The Labute approximate surface area is 119 Å². The number of amides is 1. The maximum Gasteiger partial charge on any atom is 0.433 e. The number of ether oxygens (including phenoxy) is 1. The third-order valence-electron chi connectivity index (χ3n) is 2.76. The molecule has 0 radical (unpaired) electrons. The quantitative estimate of drug-likeness (QED) is 0.367. The fraction of sp³-hybridized carbons (Fsp3) is 0.385. The van der Waals surface area contributed by atoms with E-state index in [-0.39, 0.29) is 17.7 Å². The summed E-state index contributed by atoms with van der Waals surface area (Å²) in [4.78, 5) is 32.8. The van der Waals surface area contributed by atoms with E-state index in [9.17, 15) is 19.7 Å². The first-order valence-electron chi connectivity index (χ1n) is 6.39. The zero-order valence-electron chi connectivity index (χ0n) is 11.3. The lowest BCUT2D eigenvalue weighted by molar-refractivity contribution is -0.402. The van der Waals surface area contributed by atoms with Crippen molar-refractivity contribution in [2.24, 2.45) is 0 Å². The van der Waals surface area contributed by atoms with Crippen LogP contribution in [0.2, 0.25) is 0 Å². The summed E-state index contributed by atoms with van der Waals surface area (Å²) in [7, 11) is 0. The van der Waals surface area contributed by atoms with E-state index < -0.39 is 22.9 Å². The number of nitrogens with zero attached hydrogens (tertiary/aromatic N) is 1. The van der Waals surface area contributed by atoms with E-state index in [2.05, 4.69) is 5.32 Å². The third kappa shape index (κ3) is 4.44. The highest BCUT2D eigenvalue weighted by atomic mass is 16.6. The highest BCUT2D eigenvalue weighted by Crippen LogP contribution is 2.19. The summed E-state index contributed by atoms with van der Waals surface area (Å²) >= 11 is 0. The molecule has 0 unspecified atom stereocenters. The zero-order chi connectivity index (χ0) is 15.4. The second-order valence-corrected chi connectivity index (χ2v) is 4.63. The Kier molecular flexibility index (Phi) is 4.36. The molecular weight excluding hydrogens is 280 g/mol. The maximum atomic E-state index is 11.6. The van der Waals surface area contributed by atoms with Crippen LogP contribution >= 0.6 is 0 Å². The van der Waals surface area contributed by atoms with Crippen LogP contribution in [-0.2, 0) is 14.3 Å². The first-order valence-corrected chi connectivity index (χ1v) is 6.39. The lowest BCUT2D eigenvalue weighted by Gasteiger charge is -2.11. The molecule has 0 aromatic carbocycles. The average Bonchev–Trinajstić information content (AvgIpc) is 3.10. The molecule has 1 heterocycles. The number of carbonyl (C=O) groups excluding carboxylic acids is 2. The van der Waals surface area contributed by atoms with E-state index in [1.165, 1.54) is 25.1 Å². The molecule has 2 rings (SSSR count). The number of furan rings is 1. The molecule has 0 bridgehead atoms. The van der Waals surface area contributed by atoms with Gasteiger partial charge in [-0.3, -0.25) is 14.9 Å². The van der Waals surface area contributed by atoms with Gasteiger partial charge in [0.15, 0.2) is 6.10 Å². The van der Waals surface area contributed by atoms with Crippen LogP contribution in [0.15, 0.2) is 22.6 Å². The summed E-state index contributed by atoms with van der Waals surface area (Å²) in [6, 6.07) is 2.72. The lowest BCUT2D eigenvalue weighted by Crippen LogP contribution is -2.36. The summed E-state index contributed by atoms with van der Waals surface area (Å²) in [5.41, 5.74) is 0. The van der Waals surface area contributed by atoms with Crippen LogP contribution in [0.5, 0.6) is 0 Å². The number of rotatable bonds is 6. The normalized spacial score (nSPS) is 15.7. The fourth-order valence-electron chi connectivity index (χ4n) is 1.49. The second-order valence-electron chi connectivity index (χ2n) is 4.63. The number of carbonyl (C=O) groups is 2. The van der Waals surface area contributed by atoms with Gasteiger partial charge in [-0.2, -0.15) is 0 Å². The molecule has 1 saturated carbocycles. The van der Waals surface area contributed by atoms with Gasteiger partial charge in [-0.05, 0) is 31.9 Å². The van der Waals surface area contributed by atoms with Gasteiger partial charge < -0.3 is 14.5 Å². The molecule has 112 valence electrons. The summed E-state index contributed by atoms with van der Waals surface area (Å²) < 4.78 is 9.74. The van der Waals surface area contributed by atoms with Crippen molar-refractivity contribution in [3.63, 3.8) is 0 Å². The van der Waals surface area contributed by atoms with Gasteiger partial charge in [0.2, 0.25) is 0 Å². The van der Waals surface area contributed by atoms with Crippen molar-refractivity contribution in [1.29, 1.82) is 0 Å². The minimum absolute atomic E-state index is 0.147. The summed E-state index contributed by atoms with van der Waals surface area (Å²) in [5, 5.41) is 13.1. The fourth-order valence-corrected chi connectivity index (χ4v) is 1.49. The van der Waals surface area contributed by atoms with E-state index in [1.807, 2.05) is 0 Å². The Balaban J connectivity index is 1.83. The Morgan fingerprint density at radius 3 is 2.81 bits per heavy atom. The third-order valence-corrected chi connectivity index (χ3v) is 2.76. The molecule has 1 N–H and O–H groups in total. The van der Waals surface area contributed by atoms with Crippen molar-refractivity contribution < 1.29 is 23.7 Å². The number of esters is 1. The minimum Gasteiger partial charge on any atom is -0.449 e. The van der Waals surface area contributed by atoms with Crippen molar-refractivity contribution in [2.75, 3.05) is 0 Å². The van der Waals surface area contributed by atoms with Crippen molar-refractivity contribution in [3.8, 4) is 0 Å². The Hall–Kier alpha value is -2.64. The summed E-state index contributed by atoms with van der Waals surface area (Å²) in [6.45, 7) is 1.47. The minimum atomic E-state index is -0.895. The molecule has 8 nitrogen and oxygen atoms in total. The molecule has 0 saturated heterocycles. The summed E-state index contributed by atoms with van der Waals surface area (Å²) in [6.07, 6.45) is 3.28. The van der Waals surface area contributed by atoms with Crippen molar-refractivity contribution in [1.82, 2.24) is 5.32 Å². The van der Waals surface area contributed by atoms with E-state index >= 15 is 0 Å². The molecule has 1 aliphatic rings. The Morgan fingerprint density at radius 1 is 1.52 bits per heavy atom. The molecule has 1 amide bonds. The number of hydrogen-bond acceptors (Lipinski definition) is 6. The molecule has 1 aliphatic carbocycles. The van der Waals surface area contributed by atoms with Crippen molar-refractivity contribution in [2.45, 2.75) is 31.9 Å². The van der Waals surface area contributed by atoms with E-state index in [0.717, 1.165) is 18.9 Å². The van der Waals surface area contributed by atoms with E-state index in [1.54, 1.807) is 0 Å².